The van der Waals surface area contributed by atoms with Gasteiger partial charge in [-0.15, -0.1) is 0 Å². The number of fused-ring (bicyclic) bond motifs is 2. The number of ether oxygens (including phenoxy) is 4. The number of carbonyl (C=O) groups excluding carboxylic acids is 1. The summed E-state index contributed by atoms with van der Waals surface area (Å²) in [5.41, 5.74) is 4.33. The van der Waals surface area contributed by atoms with E-state index in [2.05, 4.69) is 31.3 Å². The molecule has 0 bridgehead atoms. The largest absolute Gasteiger partial charge is 0.495 e. The number of nitrogens with zero attached hydrogens (tertiary/aromatic N) is 5. The highest BCUT2D eigenvalue weighted by molar-refractivity contribution is 7.89. The van der Waals surface area contributed by atoms with E-state index < -0.39 is 20.0 Å². The van der Waals surface area contributed by atoms with Crippen LogP contribution in [0.2, 0.25) is 20.1 Å². The second-order valence-electron chi connectivity index (χ2n) is 17.5. The molecule has 1 amide bonds. The monoisotopic (exact) mass is 1100 g/mol. The average molecular weight is 1100 g/mol. The van der Waals surface area contributed by atoms with Crippen molar-refractivity contribution in [3.8, 4) is 45.3 Å². The number of methoxy groups -OCH3 is 4. The standard InChI is InChI=1S/C26H28Cl2N4O5S.C23H26Cl2N4O4S/c1-5-23(33)32-14-15(8-18(32)13-30-38(4,34)35)9-22-29-12-17-10-16(6-7-19(17)31-22)24-25(27)20(36-2)11-21(37-3)26(24)28;1-32-18-9-19(33-2)23(25)21(22(18)24)14-4-5-17-15(8-14)11-27-20(29-17)7-13-6-16(26-10-13)12-28-34(3,30)31/h5-7,10-12,15,18,30H,1,8-9,13-14H2,2-4H3;4-5,8-9,11,13,16,26,28H,6-7,10,12H2,1-3H3/t15-,18+;13-,16+/m11/s1. The van der Waals surface area contributed by atoms with E-state index in [1.165, 1.54) is 26.6 Å². The molecule has 17 nitrogen and oxygen atoms in total. The van der Waals surface area contributed by atoms with E-state index >= 15 is 0 Å². The van der Waals surface area contributed by atoms with Gasteiger partial charge in [0.1, 0.15) is 34.6 Å². The number of halogens is 4. The molecule has 4 heterocycles. The van der Waals surface area contributed by atoms with E-state index in [0.717, 1.165) is 58.0 Å². The van der Waals surface area contributed by atoms with Crippen LogP contribution in [0.3, 0.4) is 0 Å². The molecule has 0 saturated carbocycles. The van der Waals surface area contributed by atoms with Crippen LogP contribution < -0.4 is 33.7 Å². The van der Waals surface area contributed by atoms with Crippen molar-refractivity contribution in [1.29, 1.82) is 0 Å². The Morgan fingerprint density at radius 2 is 1.14 bits per heavy atom. The van der Waals surface area contributed by atoms with E-state index in [0.29, 0.717) is 98.3 Å². The fraction of sp³-hybridized carbons (Fsp3) is 0.367. The van der Waals surface area contributed by atoms with E-state index in [4.69, 9.17) is 75.3 Å². The molecule has 4 atom stereocenters. The summed E-state index contributed by atoms with van der Waals surface area (Å²) in [6.45, 7) is 5.37. The van der Waals surface area contributed by atoms with Crippen LogP contribution in [0.4, 0.5) is 0 Å². The molecule has 384 valence electrons. The van der Waals surface area contributed by atoms with Crippen molar-refractivity contribution >= 4 is 94.2 Å². The highest BCUT2D eigenvalue weighted by Crippen LogP contribution is 2.48. The Morgan fingerprint density at radius 3 is 1.57 bits per heavy atom. The maximum absolute atomic E-state index is 12.4. The van der Waals surface area contributed by atoms with Gasteiger partial charge in [0.15, 0.2) is 0 Å². The smallest absolute Gasteiger partial charge is 0.246 e. The Balaban J connectivity index is 0.000000213. The fourth-order valence-corrected chi connectivity index (χ4v) is 11.3. The minimum Gasteiger partial charge on any atom is -0.495 e. The van der Waals surface area contributed by atoms with Gasteiger partial charge in [-0.3, -0.25) is 4.79 Å². The number of carbonyl (C=O) groups is 1. The van der Waals surface area contributed by atoms with Crippen LogP contribution >= 0.6 is 46.4 Å². The predicted octanol–water partition coefficient (Wildman–Crippen LogP) is 7.81. The highest BCUT2D eigenvalue weighted by Gasteiger charge is 2.35. The van der Waals surface area contributed by atoms with Gasteiger partial charge in [-0.05, 0) is 72.7 Å². The van der Waals surface area contributed by atoms with Gasteiger partial charge in [0.25, 0.3) is 0 Å². The number of hydrogen-bond acceptors (Lipinski definition) is 14. The summed E-state index contributed by atoms with van der Waals surface area (Å²) >= 11 is 26.3. The van der Waals surface area contributed by atoms with E-state index in [1.807, 2.05) is 36.4 Å². The summed E-state index contributed by atoms with van der Waals surface area (Å²) in [6, 6.07) is 14.5. The molecule has 72 heavy (non-hydrogen) atoms. The van der Waals surface area contributed by atoms with Gasteiger partial charge in [-0.1, -0.05) is 65.1 Å². The molecule has 8 rings (SSSR count). The molecule has 0 aliphatic carbocycles. The number of hydrogen-bond donors (Lipinski definition) is 3. The van der Waals surface area contributed by atoms with Crippen LogP contribution in [0.1, 0.15) is 24.5 Å². The summed E-state index contributed by atoms with van der Waals surface area (Å²) in [7, 11) is -0.442. The molecule has 2 aromatic heterocycles. The Morgan fingerprint density at radius 1 is 0.694 bits per heavy atom. The molecular formula is C49H54Cl4N8O9S2. The molecule has 4 aromatic carbocycles. The molecule has 0 unspecified atom stereocenters. The van der Waals surface area contributed by atoms with Crippen LogP contribution in [0, 0.1) is 11.8 Å². The maximum Gasteiger partial charge on any atom is 0.246 e. The first-order valence-corrected chi connectivity index (χ1v) is 27.8. The Kier molecular flexibility index (Phi) is 17.8. The van der Waals surface area contributed by atoms with Gasteiger partial charge in [0, 0.05) is 91.0 Å². The number of benzene rings is 4. The Bertz CT molecular complexity index is 3190. The lowest BCUT2D eigenvalue weighted by Crippen LogP contribution is -2.42. The average Bonchev–Trinajstić information content (AvgIpc) is 3.98. The zero-order valence-corrected chi connectivity index (χ0v) is 44.9. The lowest BCUT2D eigenvalue weighted by Gasteiger charge is -2.23. The number of nitrogens with one attached hydrogen (secondary N) is 3. The lowest BCUT2D eigenvalue weighted by atomic mass is 10.0. The highest BCUT2D eigenvalue weighted by atomic mass is 35.5. The van der Waals surface area contributed by atoms with Gasteiger partial charge in [-0.25, -0.2) is 46.2 Å². The third kappa shape index (κ3) is 13.2. The van der Waals surface area contributed by atoms with Crippen molar-refractivity contribution in [3.05, 3.63) is 105 Å². The minimum absolute atomic E-state index is 0.0730. The van der Waals surface area contributed by atoms with Crippen LogP contribution in [-0.4, -0.2) is 127 Å². The van der Waals surface area contributed by atoms with Crippen LogP contribution in [-0.2, 0) is 37.7 Å². The summed E-state index contributed by atoms with van der Waals surface area (Å²) in [5.74, 6) is 3.40. The molecule has 3 N–H and O–H groups in total. The molecule has 2 aliphatic heterocycles. The van der Waals surface area contributed by atoms with Crippen molar-refractivity contribution < 1.29 is 40.6 Å². The number of rotatable bonds is 17. The van der Waals surface area contributed by atoms with Crippen LogP contribution in [0.25, 0.3) is 44.1 Å². The first-order chi connectivity index (χ1) is 34.2. The molecular weight excluding hydrogens is 1050 g/mol. The van der Waals surface area contributed by atoms with E-state index in [1.54, 1.807) is 43.6 Å². The van der Waals surface area contributed by atoms with Gasteiger partial charge in [-0.2, -0.15) is 0 Å². The van der Waals surface area contributed by atoms with Gasteiger partial charge >= 0.3 is 0 Å². The Labute approximate surface area is 439 Å². The zero-order chi connectivity index (χ0) is 52.1. The molecule has 2 fully saturated rings. The van der Waals surface area contributed by atoms with Crippen molar-refractivity contribution in [2.45, 2.75) is 37.8 Å². The summed E-state index contributed by atoms with van der Waals surface area (Å²) in [5, 5.41) is 6.56. The first-order valence-electron chi connectivity index (χ1n) is 22.5. The second-order valence-corrected chi connectivity index (χ2v) is 22.7. The summed E-state index contributed by atoms with van der Waals surface area (Å²) < 4.78 is 72.3. The van der Waals surface area contributed by atoms with Crippen molar-refractivity contribution in [1.82, 2.24) is 39.6 Å². The number of sulfonamides is 2. The quantitative estimate of drug-likeness (QED) is 0.0744. The topological polar surface area (TPSA) is 213 Å². The normalized spacial score (nSPS) is 17.9. The zero-order valence-electron chi connectivity index (χ0n) is 40.3. The molecule has 6 aromatic rings. The predicted molar refractivity (Wildman–Crippen MR) is 283 cm³/mol. The lowest BCUT2D eigenvalue weighted by molar-refractivity contribution is -0.126. The van der Waals surface area contributed by atoms with E-state index in [9.17, 15) is 21.6 Å². The van der Waals surface area contributed by atoms with Crippen molar-refractivity contribution in [2.24, 2.45) is 11.8 Å². The van der Waals surface area contributed by atoms with Gasteiger partial charge in [0.05, 0.1) is 72.1 Å². The third-order valence-electron chi connectivity index (χ3n) is 12.4. The number of amides is 1. The number of likely N-dealkylation sites (tertiary alicyclic amines) is 1. The van der Waals surface area contributed by atoms with Crippen molar-refractivity contribution in [2.75, 3.05) is 67.1 Å². The van der Waals surface area contributed by atoms with E-state index in [-0.39, 0.29) is 30.5 Å². The molecule has 2 aliphatic rings. The fourth-order valence-electron chi connectivity index (χ4n) is 8.90. The van der Waals surface area contributed by atoms with Crippen molar-refractivity contribution in [3.63, 3.8) is 0 Å². The molecule has 0 radical (unpaired) electrons. The summed E-state index contributed by atoms with van der Waals surface area (Å²) in [6.07, 6.45) is 9.78. The van der Waals surface area contributed by atoms with Gasteiger partial charge < -0.3 is 29.2 Å². The van der Waals surface area contributed by atoms with Crippen LogP contribution in [0.15, 0.2) is 73.6 Å². The molecule has 0 spiro atoms. The van der Waals surface area contributed by atoms with Crippen LogP contribution in [0.5, 0.6) is 23.0 Å². The second kappa shape index (κ2) is 23.4. The summed E-state index contributed by atoms with van der Waals surface area (Å²) in [4.78, 5) is 32.6. The molecule has 2 saturated heterocycles. The first kappa shape index (κ1) is 54.7. The SMILES string of the molecule is C=CC(=O)N1C[C@@H](Cc2ncc3cc(-c4c(Cl)c(OC)cc(OC)c4Cl)ccc3n2)C[C@H]1CNS(C)(=O)=O.COc1cc(OC)c(Cl)c(-c2ccc3nc(C[C@@H]4CN[C@H](CNS(C)(=O)=O)C4)ncc3c2)c1Cl. The Hall–Kier alpha value is -5.09. The minimum atomic E-state index is -3.37. The maximum atomic E-state index is 12.4. The number of aromatic nitrogens is 4. The van der Waals surface area contributed by atoms with Gasteiger partial charge in [0.2, 0.25) is 26.0 Å². The molecule has 23 heteroatoms. The third-order valence-corrected chi connectivity index (χ3v) is 15.3.